The number of ether oxygens (including phenoxy) is 5. The van der Waals surface area contributed by atoms with Gasteiger partial charge >= 0.3 is 0 Å². The number of rotatable bonds is 14. The van der Waals surface area contributed by atoms with E-state index < -0.39 is 0 Å². The minimum Gasteiger partial charge on any atom is -0.504 e. The van der Waals surface area contributed by atoms with Crippen molar-refractivity contribution in [2.45, 2.75) is 0 Å². The van der Waals surface area contributed by atoms with Crippen molar-refractivity contribution < 1.29 is 33.9 Å². The second-order valence-corrected chi connectivity index (χ2v) is 11.6. The van der Waals surface area contributed by atoms with Gasteiger partial charge in [0.1, 0.15) is 23.0 Å². The Labute approximate surface area is 317 Å². The Morgan fingerprint density at radius 2 is 0.709 bits per heavy atom. The van der Waals surface area contributed by atoms with E-state index in [0.717, 1.165) is 11.5 Å². The van der Waals surface area contributed by atoms with Gasteiger partial charge in [-0.2, -0.15) is 20.5 Å². The molecule has 2 N–H and O–H groups in total. The summed E-state index contributed by atoms with van der Waals surface area (Å²) in [7, 11) is 6.12. The summed E-state index contributed by atoms with van der Waals surface area (Å²) >= 11 is 0. The van der Waals surface area contributed by atoms with Crippen LogP contribution in [0.15, 0.2) is 152 Å². The van der Waals surface area contributed by atoms with E-state index in [1.165, 1.54) is 26.6 Å². The fourth-order valence-corrected chi connectivity index (χ4v) is 5.01. The van der Waals surface area contributed by atoms with E-state index in [1.807, 2.05) is 0 Å². The largest absolute Gasteiger partial charge is 0.504 e. The number of methoxy groups -OCH3 is 4. The molecule has 6 aromatic carbocycles. The highest BCUT2D eigenvalue weighted by atomic mass is 16.5. The Morgan fingerprint density at radius 3 is 1.05 bits per heavy atom. The second kappa shape index (κ2) is 17.8. The van der Waals surface area contributed by atoms with E-state index in [1.54, 1.807) is 136 Å². The van der Waals surface area contributed by atoms with Crippen LogP contribution in [-0.2, 0) is 0 Å². The Morgan fingerprint density at radius 1 is 0.382 bits per heavy atom. The molecule has 55 heavy (non-hydrogen) atoms. The van der Waals surface area contributed by atoms with E-state index in [2.05, 4.69) is 30.4 Å². The predicted octanol–water partition coefficient (Wildman–Crippen LogP) is 11.3. The molecule has 0 unspecified atom stereocenters. The van der Waals surface area contributed by atoms with Gasteiger partial charge in [0.15, 0.2) is 23.0 Å². The molecule has 276 valence electrons. The molecule has 6 rings (SSSR count). The number of aliphatic imine (C=N–C) groups is 2. The first-order valence-corrected chi connectivity index (χ1v) is 16.7. The van der Waals surface area contributed by atoms with Gasteiger partial charge in [-0.1, -0.05) is 0 Å². The third-order valence-electron chi connectivity index (χ3n) is 7.94. The molecule has 13 nitrogen and oxygen atoms in total. The summed E-state index contributed by atoms with van der Waals surface area (Å²) in [5, 5.41) is 38.5. The first-order valence-electron chi connectivity index (χ1n) is 16.7. The van der Waals surface area contributed by atoms with Crippen LogP contribution in [0.3, 0.4) is 0 Å². The van der Waals surface area contributed by atoms with E-state index in [4.69, 9.17) is 23.7 Å². The van der Waals surface area contributed by atoms with Crippen LogP contribution >= 0.6 is 0 Å². The van der Waals surface area contributed by atoms with Crippen LogP contribution in [0.4, 0.5) is 34.1 Å². The molecule has 0 aromatic heterocycles. The number of hydrogen-bond donors (Lipinski definition) is 2. The molecule has 0 fully saturated rings. The number of benzene rings is 6. The summed E-state index contributed by atoms with van der Waals surface area (Å²) in [5.74, 6) is 2.97. The summed E-state index contributed by atoms with van der Waals surface area (Å²) in [6.07, 6.45) is 3.05. The van der Waals surface area contributed by atoms with Crippen LogP contribution in [0, 0.1) is 0 Å². The molecule has 0 spiro atoms. The van der Waals surface area contributed by atoms with E-state index >= 15 is 0 Å². The zero-order chi connectivity index (χ0) is 38.6. The highest BCUT2D eigenvalue weighted by Gasteiger charge is 2.11. The Bertz CT molecular complexity index is 2180. The van der Waals surface area contributed by atoms with Gasteiger partial charge in [0, 0.05) is 35.7 Å². The zero-order valence-corrected chi connectivity index (χ0v) is 30.3. The zero-order valence-electron chi connectivity index (χ0n) is 30.3. The van der Waals surface area contributed by atoms with Crippen molar-refractivity contribution in [1.29, 1.82) is 0 Å². The molecule has 0 heterocycles. The van der Waals surface area contributed by atoms with Crippen molar-refractivity contribution in [2.75, 3.05) is 28.4 Å². The van der Waals surface area contributed by atoms with Gasteiger partial charge in [-0.05, 0) is 109 Å². The lowest BCUT2D eigenvalue weighted by atomic mass is 10.1. The highest BCUT2D eigenvalue weighted by molar-refractivity contribution is 5.89. The molecule has 0 amide bonds. The number of phenolic OH excluding ortho intramolecular Hbond substituents is 2. The second-order valence-electron chi connectivity index (χ2n) is 11.6. The van der Waals surface area contributed by atoms with Gasteiger partial charge in [-0.15, -0.1) is 0 Å². The van der Waals surface area contributed by atoms with Gasteiger partial charge in [-0.25, -0.2) is 0 Å². The molecule has 6 aromatic rings. The van der Waals surface area contributed by atoms with Crippen LogP contribution in [0.2, 0.25) is 0 Å². The number of aromatic hydroxyl groups is 2. The summed E-state index contributed by atoms with van der Waals surface area (Å²) in [4.78, 5) is 9.02. The predicted molar refractivity (Wildman–Crippen MR) is 211 cm³/mol. The van der Waals surface area contributed by atoms with E-state index in [0.29, 0.717) is 56.8 Å². The molecule has 0 aliphatic carbocycles. The third-order valence-corrected chi connectivity index (χ3v) is 7.94. The molecule has 0 saturated heterocycles. The molecule has 0 aliphatic rings. The molecule has 0 bridgehead atoms. The summed E-state index contributed by atoms with van der Waals surface area (Å²) in [6, 6.07) is 35.1. The van der Waals surface area contributed by atoms with Crippen LogP contribution in [-0.4, -0.2) is 51.1 Å². The Hall–Kier alpha value is -7.54. The van der Waals surface area contributed by atoms with Crippen molar-refractivity contribution in [3.05, 3.63) is 132 Å². The molecular formula is C42H36N6O7. The summed E-state index contributed by atoms with van der Waals surface area (Å²) in [5.41, 5.74) is 4.31. The molecular weight excluding hydrogens is 700 g/mol. The van der Waals surface area contributed by atoms with Crippen molar-refractivity contribution in [1.82, 2.24) is 0 Å². The first-order chi connectivity index (χ1) is 26.8. The van der Waals surface area contributed by atoms with Gasteiger partial charge in [0.25, 0.3) is 0 Å². The average molecular weight is 737 g/mol. The van der Waals surface area contributed by atoms with Crippen LogP contribution in [0.25, 0.3) is 0 Å². The SMILES string of the molecule is COc1ccc(N=Nc2cc(C=Nc3ccc(Oc4ccc(N=Cc5cc(N=Nc6ccc(OC)cc6)cc(OC)c5O)cc4)cc3)c(O)c(OC)c2)cc1. The smallest absolute Gasteiger partial charge is 0.166 e. The topological polar surface area (TPSA) is 161 Å². The maximum atomic E-state index is 10.7. The minimum absolute atomic E-state index is 0.0698. The fraction of sp³-hybridized carbons (Fsp3) is 0.0952. The standard InChI is InChI=1S/C42H36N6O7/c1-51-35-13-9-31(10-14-35)45-47-33-21-27(41(49)39(23-33)53-3)25-43-29-5-17-37(18-6-29)55-38-19-7-30(8-20-38)44-26-28-22-34(24-40(54-4)42(28)50)48-46-32-11-15-36(52-2)16-12-32/h5-26,49-50H,1-4H3. The summed E-state index contributed by atoms with van der Waals surface area (Å²) < 4.78 is 27.1. The van der Waals surface area contributed by atoms with Crippen molar-refractivity contribution in [3.63, 3.8) is 0 Å². The van der Waals surface area contributed by atoms with Crippen LogP contribution in [0.1, 0.15) is 11.1 Å². The summed E-state index contributed by atoms with van der Waals surface area (Å²) in [6.45, 7) is 0. The number of phenols is 2. The molecule has 13 heteroatoms. The number of azo groups is 2. The molecule has 0 aliphatic heterocycles. The normalized spacial score (nSPS) is 11.5. The lowest BCUT2D eigenvalue weighted by molar-refractivity contribution is 0.373. The van der Waals surface area contributed by atoms with Gasteiger partial charge < -0.3 is 33.9 Å². The van der Waals surface area contributed by atoms with Gasteiger partial charge in [0.05, 0.1) is 62.6 Å². The van der Waals surface area contributed by atoms with Gasteiger partial charge in [0.2, 0.25) is 0 Å². The van der Waals surface area contributed by atoms with Crippen LogP contribution < -0.4 is 23.7 Å². The van der Waals surface area contributed by atoms with Crippen molar-refractivity contribution in [3.8, 4) is 46.0 Å². The fourth-order valence-electron chi connectivity index (χ4n) is 5.01. The lowest BCUT2D eigenvalue weighted by Gasteiger charge is -2.08. The molecule has 0 atom stereocenters. The average Bonchev–Trinajstić information content (AvgIpc) is 3.23. The van der Waals surface area contributed by atoms with E-state index in [-0.39, 0.29) is 23.0 Å². The quantitative estimate of drug-likeness (QED) is 0.0830. The van der Waals surface area contributed by atoms with Crippen LogP contribution in [0.5, 0.6) is 46.0 Å². The maximum Gasteiger partial charge on any atom is 0.166 e. The molecule has 0 radical (unpaired) electrons. The third kappa shape index (κ3) is 9.87. The highest BCUT2D eigenvalue weighted by Crippen LogP contribution is 2.37. The monoisotopic (exact) mass is 736 g/mol. The number of nitrogens with zero attached hydrogens (tertiary/aromatic N) is 6. The van der Waals surface area contributed by atoms with Crippen molar-refractivity contribution >= 4 is 46.6 Å². The molecule has 0 saturated carbocycles. The van der Waals surface area contributed by atoms with Crippen molar-refractivity contribution in [2.24, 2.45) is 30.4 Å². The van der Waals surface area contributed by atoms with E-state index in [9.17, 15) is 10.2 Å². The first kappa shape index (κ1) is 37.2. The van der Waals surface area contributed by atoms with Gasteiger partial charge in [-0.3, -0.25) is 9.98 Å². The number of hydrogen-bond acceptors (Lipinski definition) is 13. The lowest BCUT2D eigenvalue weighted by Crippen LogP contribution is -1.89. The Balaban J connectivity index is 1.09. The Kier molecular flexibility index (Phi) is 12.0. The minimum atomic E-state index is -0.0698. The maximum absolute atomic E-state index is 10.7.